The molecule has 0 fully saturated rings. The molecule has 0 unspecified atom stereocenters. The average Bonchev–Trinajstić information content (AvgIpc) is 2.86. The number of carbonyl (C=O) groups excluding carboxylic acids is 1. The quantitative estimate of drug-likeness (QED) is 0.268. The van der Waals surface area contributed by atoms with Gasteiger partial charge < -0.3 is 9.84 Å². The lowest BCUT2D eigenvalue weighted by atomic mass is 10.2. The Balaban J connectivity index is 1.69. The van der Waals surface area contributed by atoms with Gasteiger partial charge in [0, 0.05) is 22.4 Å². The van der Waals surface area contributed by atoms with Gasteiger partial charge in [0.25, 0.3) is 5.91 Å². The summed E-state index contributed by atoms with van der Waals surface area (Å²) < 4.78 is 6.60. The largest absolute Gasteiger partial charge is 0.462 e. The summed E-state index contributed by atoms with van der Waals surface area (Å²) in [4.78, 5) is 12.7. The number of hydrogen-bond donors (Lipinski definition) is 1. The Labute approximate surface area is 194 Å². The fourth-order valence-electron chi connectivity index (χ4n) is 3.10. The fourth-order valence-corrected chi connectivity index (χ4v) is 5.07. The monoisotopic (exact) mass is 457 g/mol. The molecule has 3 nitrogen and oxygen atoms in total. The molecule has 0 spiro atoms. The summed E-state index contributed by atoms with van der Waals surface area (Å²) >= 11 is 6.19. The molecule has 0 aliphatic rings. The fraction of sp³-hybridized carbons (Fsp3) is 0. The Kier molecular flexibility index (Phi) is 7.34. The van der Waals surface area contributed by atoms with Gasteiger partial charge in [0.05, 0.1) is 10.6 Å². The van der Waals surface area contributed by atoms with Crippen LogP contribution in [0, 0.1) is 0 Å². The SMILES string of the molecule is O=C(NC=C(OP(c1ccccc1)c1ccccc1)c1ccccc1)c1ccccc1Cl. The Bertz CT molecular complexity index is 1160. The van der Waals surface area contributed by atoms with Crippen LogP contribution in [0.1, 0.15) is 15.9 Å². The smallest absolute Gasteiger partial charge is 0.256 e. The molecule has 0 radical (unpaired) electrons. The van der Waals surface area contributed by atoms with Crippen LogP contribution in [0.15, 0.2) is 121 Å². The van der Waals surface area contributed by atoms with E-state index in [0.717, 1.165) is 16.2 Å². The Morgan fingerprint density at radius 3 is 1.78 bits per heavy atom. The van der Waals surface area contributed by atoms with Gasteiger partial charge in [-0.2, -0.15) is 0 Å². The van der Waals surface area contributed by atoms with E-state index in [1.165, 1.54) is 0 Å². The van der Waals surface area contributed by atoms with Crippen LogP contribution in [-0.2, 0) is 4.52 Å². The number of nitrogens with one attached hydrogen (secondary N) is 1. The van der Waals surface area contributed by atoms with Crippen molar-refractivity contribution in [2.45, 2.75) is 0 Å². The molecule has 4 rings (SSSR count). The zero-order chi connectivity index (χ0) is 22.2. The predicted molar refractivity (Wildman–Crippen MR) is 133 cm³/mol. The minimum Gasteiger partial charge on any atom is -0.462 e. The normalized spacial score (nSPS) is 11.2. The summed E-state index contributed by atoms with van der Waals surface area (Å²) in [5.74, 6) is 0.279. The first-order valence-electron chi connectivity index (χ1n) is 10.1. The van der Waals surface area contributed by atoms with Gasteiger partial charge in [0.15, 0.2) is 8.15 Å². The van der Waals surface area contributed by atoms with Gasteiger partial charge >= 0.3 is 0 Å². The van der Waals surface area contributed by atoms with Crippen molar-refractivity contribution in [2.24, 2.45) is 0 Å². The van der Waals surface area contributed by atoms with Crippen LogP contribution in [0.25, 0.3) is 5.76 Å². The maximum Gasteiger partial charge on any atom is 0.256 e. The molecule has 4 aromatic carbocycles. The topological polar surface area (TPSA) is 38.3 Å². The number of rotatable bonds is 7. The second-order valence-electron chi connectivity index (χ2n) is 6.88. The first kappa shape index (κ1) is 21.8. The van der Waals surface area contributed by atoms with Crippen molar-refractivity contribution in [3.8, 4) is 0 Å². The van der Waals surface area contributed by atoms with E-state index in [9.17, 15) is 4.79 Å². The first-order chi connectivity index (χ1) is 15.7. The molecule has 0 aromatic heterocycles. The lowest BCUT2D eigenvalue weighted by Crippen LogP contribution is -2.19. The van der Waals surface area contributed by atoms with E-state index in [0.29, 0.717) is 16.3 Å². The maximum absolute atomic E-state index is 12.7. The van der Waals surface area contributed by atoms with Gasteiger partial charge in [-0.15, -0.1) is 0 Å². The molecule has 0 bridgehead atoms. The standard InChI is InChI=1S/C27H21ClNO2P/c28-25-19-11-10-18-24(25)27(30)29-20-26(21-12-4-1-5-13-21)31-32(22-14-6-2-7-15-22)23-16-8-3-9-17-23/h1-20H,(H,29,30). The minimum absolute atomic E-state index is 0.295. The van der Waals surface area contributed by atoms with E-state index in [4.69, 9.17) is 16.1 Å². The van der Waals surface area contributed by atoms with Gasteiger partial charge in [0.2, 0.25) is 0 Å². The third-order valence-corrected chi connectivity index (χ3v) is 6.93. The summed E-state index contributed by atoms with van der Waals surface area (Å²) in [7, 11) is -1.15. The van der Waals surface area contributed by atoms with Crippen LogP contribution >= 0.6 is 19.7 Å². The lowest BCUT2D eigenvalue weighted by molar-refractivity contribution is 0.0970. The van der Waals surface area contributed by atoms with Gasteiger partial charge in [-0.05, 0) is 12.1 Å². The van der Waals surface area contributed by atoms with Crippen molar-refractivity contribution in [3.05, 3.63) is 138 Å². The maximum atomic E-state index is 12.7. The van der Waals surface area contributed by atoms with Crippen molar-refractivity contribution in [1.82, 2.24) is 5.32 Å². The van der Waals surface area contributed by atoms with Crippen molar-refractivity contribution < 1.29 is 9.32 Å². The number of halogens is 1. The van der Waals surface area contributed by atoms with Crippen molar-refractivity contribution in [1.29, 1.82) is 0 Å². The summed E-state index contributed by atoms with van der Waals surface area (Å²) in [6, 6.07) is 36.9. The predicted octanol–water partition coefficient (Wildman–Crippen LogP) is 6.13. The van der Waals surface area contributed by atoms with Gasteiger partial charge in [-0.1, -0.05) is 115 Å². The van der Waals surface area contributed by atoms with E-state index in [-0.39, 0.29) is 5.91 Å². The minimum atomic E-state index is -1.15. The molecule has 0 aliphatic heterocycles. The summed E-state index contributed by atoms with van der Waals surface area (Å²) in [6.07, 6.45) is 1.61. The van der Waals surface area contributed by atoms with Crippen LogP contribution in [-0.4, -0.2) is 5.91 Å². The molecule has 5 heteroatoms. The van der Waals surface area contributed by atoms with E-state index in [1.54, 1.807) is 30.5 Å². The molecule has 32 heavy (non-hydrogen) atoms. The molecule has 4 aromatic rings. The van der Waals surface area contributed by atoms with E-state index < -0.39 is 8.15 Å². The highest BCUT2D eigenvalue weighted by molar-refractivity contribution is 7.68. The number of carbonyl (C=O) groups is 1. The van der Waals surface area contributed by atoms with Gasteiger partial charge in [0.1, 0.15) is 5.76 Å². The molecule has 0 atom stereocenters. The molecule has 0 aliphatic carbocycles. The van der Waals surface area contributed by atoms with Crippen molar-refractivity contribution >= 4 is 42.0 Å². The lowest BCUT2D eigenvalue weighted by Gasteiger charge is -2.21. The molecule has 1 amide bonds. The summed E-state index contributed by atoms with van der Waals surface area (Å²) in [5, 5.41) is 5.40. The molecule has 1 N–H and O–H groups in total. The highest BCUT2D eigenvalue weighted by Gasteiger charge is 2.19. The van der Waals surface area contributed by atoms with Crippen LogP contribution in [0.3, 0.4) is 0 Å². The van der Waals surface area contributed by atoms with Crippen LogP contribution < -0.4 is 15.9 Å². The van der Waals surface area contributed by atoms with Gasteiger partial charge in [-0.25, -0.2) is 0 Å². The Morgan fingerprint density at radius 2 is 1.22 bits per heavy atom. The van der Waals surface area contributed by atoms with E-state index >= 15 is 0 Å². The molecule has 0 heterocycles. The van der Waals surface area contributed by atoms with Crippen LogP contribution in [0.2, 0.25) is 5.02 Å². The third kappa shape index (κ3) is 5.45. The zero-order valence-electron chi connectivity index (χ0n) is 17.2. The third-order valence-electron chi connectivity index (χ3n) is 4.68. The van der Waals surface area contributed by atoms with E-state index in [1.807, 2.05) is 66.7 Å². The average molecular weight is 458 g/mol. The highest BCUT2D eigenvalue weighted by atomic mass is 35.5. The Morgan fingerprint density at radius 1 is 0.719 bits per heavy atom. The van der Waals surface area contributed by atoms with E-state index in [2.05, 4.69) is 29.6 Å². The molecule has 0 saturated carbocycles. The summed E-state index contributed by atoms with van der Waals surface area (Å²) in [6.45, 7) is 0. The zero-order valence-corrected chi connectivity index (χ0v) is 18.8. The first-order valence-corrected chi connectivity index (χ1v) is 11.8. The van der Waals surface area contributed by atoms with Crippen molar-refractivity contribution in [3.63, 3.8) is 0 Å². The second-order valence-corrected chi connectivity index (χ2v) is 9.10. The van der Waals surface area contributed by atoms with Crippen molar-refractivity contribution in [2.75, 3.05) is 0 Å². The highest BCUT2D eigenvalue weighted by Crippen LogP contribution is 2.40. The number of benzene rings is 4. The van der Waals surface area contributed by atoms with Crippen LogP contribution in [0.5, 0.6) is 0 Å². The molecule has 0 saturated heterocycles. The Hall–Kier alpha value is -3.39. The molecular formula is C27H21ClNO2P. The van der Waals surface area contributed by atoms with Gasteiger partial charge in [-0.3, -0.25) is 4.79 Å². The number of amides is 1. The summed E-state index contributed by atoms with van der Waals surface area (Å²) in [5.41, 5.74) is 1.28. The van der Waals surface area contributed by atoms with Crippen LogP contribution in [0.4, 0.5) is 0 Å². The second kappa shape index (κ2) is 10.8. The molecular weight excluding hydrogens is 437 g/mol. The molecule has 158 valence electrons. The number of hydrogen-bond acceptors (Lipinski definition) is 2.